The van der Waals surface area contributed by atoms with Crippen molar-refractivity contribution in [2.75, 3.05) is 0 Å². The first-order chi connectivity index (χ1) is 31.8. The van der Waals surface area contributed by atoms with Crippen molar-refractivity contribution >= 4 is 21.8 Å². The second-order valence-electron chi connectivity index (χ2n) is 19.2. The topological polar surface area (TPSA) is 74.7 Å². The molecule has 1 N–H and O–H groups in total. The predicted octanol–water partition coefficient (Wildman–Crippen LogP) is 15.7. The van der Waals surface area contributed by atoms with E-state index in [0.29, 0.717) is 16.8 Å². The number of pyridine rings is 2. The number of phenols is 1. The predicted molar refractivity (Wildman–Crippen MR) is 273 cm³/mol. The third kappa shape index (κ3) is 7.82. The van der Waals surface area contributed by atoms with Gasteiger partial charge in [0.1, 0.15) is 5.75 Å². The summed E-state index contributed by atoms with van der Waals surface area (Å²) in [7, 11) is 0. The number of para-hydroxylation sites is 4. The molecule has 66 heavy (non-hydrogen) atoms. The summed E-state index contributed by atoms with van der Waals surface area (Å²) in [5.74, 6) is 0.157. The van der Waals surface area contributed by atoms with Crippen molar-refractivity contribution in [1.29, 1.82) is 5.26 Å². The lowest BCUT2D eigenvalue weighted by Gasteiger charge is -2.26. The van der Waals surface area contributed by atoms with Crippen LogP contribution in [0, 0.1) is 11.3 Å². The quantitative estimate of drug-likeness (QED) is 0.173. The van der Waals surface area contributed by atoms with Crippen LogP contribution in [0.5, 0.6) is 5.75 Å². The van der Waals surface area contributed by atoms with Crippen LogP contribution in [0.3, 0.4) is 0 Å². The summed E-state index contributed by atoms with van der Waals surface area (Å²) in [6.45, 7) is 13.5. The molecule has 0 bridgehead atoms. The lowest BCUT2D eigenvalue weighted by Crippen LogP contribution is -2.16. The fraction of sp³-hybridized carbons (Fsp3) is 0.131. The van der Waals surface area contributed by atoms with Crippen LogP contribution in [0.25, 0.3) is 94.6 Å². The largest absolute Gasteiger partial charge is 0.507 e. The number of benzene rings is 7. The minimum Gasteiger partial charge on any atom is -0.507 e. The maximum Gasteiger partial charge on any atom is 0.124 e. The molecule has 0 aliphatic heterocycles. The van der Waals surface area contributed by atoms with Gasteiger partial charge in [0.15, 0.2) is 0 Å². The average molecular weight is 855 g/mol. The first-order valence-electron chi connectivity index (χ1n) is 22.5. The van der Waals surface area contributed by atoms with Crippen molar-refractivity contribution < 1.29 is 5.11 Å². The molecule has 0 unspecified atom stereocenters. The normalized spacial score (nSPS) is 11.8. The Morgan fingerprint density at radius 1 is 0.470 bits per heavy atom. The molecule has 10 aromatic rings. The molecule has 3 heterocycles. The summed E-state index contributed by atoms with van der Waals surface area (Å²) in [6, 6.07) is 65.0. The fourth-order valence-electron chi connectivity index (χ4n) is 9.10. The van der Waals surface area contributed by atoms with Gasteiger partial charge < -0.3 is 9.67 Å². The molecule has 0 aliphatic carbocycles. The molecule has 0 saturated carbocycles. The average Bonchev–Trinajstić information content (AvgIpc) is 3.68. The van der Waals surface area contributed by atoms with Crippen molar-refractivity contribution in [3.05, 3.63) is 205 Å². The Morgan fingerprint density at radius 2 is 1.09 bits per heavy atom. The van der Waals surface area contributed by atoms with E-state index in [2.05, 4.69) is 186 Å². The van der Waals surface area contributed by atoms with Gasteiger partial charge in [-0.25, -0.2) is 4.98 Å². The van der Waals surface area contributed by atoms with Crippen molar-refractivity contribution in [2.24, 2.45) is 0 Å². The second kappa shape index (κ2) is 16.5. The van der Waals surface area contributed by atoms with E-state index in [-0.39, 0.29) is 16.6 Å². The van der Waals surface area contributed by atoms with Crippen LogP contribution >= 0.6 is 0 Å². The smallest absolute Gasteiger partial charge is 0.124 e. The number of phenolic OH excluding ortho intramolecular Hbond substituents is 1. The van der Waals surface area contributed by atoms with E-state index in [4.69, 9.17) is 9.97 Å². The van der Waals surface area contributed by atoms with Crippen LogP contribution < -0.4 is 0 Å². The number of aromatic hydroxyl groups is 1. The molecule has 3 aromatic heterocycles. The summed E-state index contributed by atoms with van der Waals surface area (Å²) < 4.78 is 2.37. The summed E-state index contributed by atoms with van der Waals surface area (Å²) in [5.41, 5.74) is 17.0. The number of fused-ring (bicyclic) bond motifs is 3. The van der Waals surface area contributed by atoms with Gasteiger partial charge in [-0.1, -0.05) is 151 Å². The Labute approximate surface area is 387 Å². The molecule has 320 valence electrons. The molecule has 0 fully saturated rings. The Balaban J connectivity index is 1.20. The number of hydrogen-bond acceptors (Lipinski definition) is 4. The SMILES string of the molecule is CC(C)(C)c1cc(-c2cc(-c3ccccc3O)nc(-c3cc(-c4cc(-c5cccc6c7ccccc7n(-c7ccccc7)c56)ccn4)ccc3-c3cccc(C#N)c3)c2)cc(C(C)(C)C)c1. The number of rotatable bonds is 7. The lowest BCUT2D eigenvalue weighted by molar-refractivity contribution is 0.477. The highest BCUT2D eigenvalue weighted by atomic mass is 16.3. The molecule has 0 atom stereocenters. The highest BCUT2D eigenvalue weighted by Crippen LogP contribution is 2.43. The maximum atomic E-state index is 11.3. The zero-order valence-electron chi connectivity index (χ0n) is 38.1. The minimum absolute atomic E-state index is 0.0924. The third-order valence-electron chi connectivity index (χ3n) is 12.7. The van der Waals surface area contributed by atoms with Gasteiger partial charge in [0.2, 0.25) is 0 Å². The van der Waals surface area contributed by atoms with E-state index in [1.807, 2.05) is 48.7 Å². The van der Waals surface area contributed by atoms with Crippen molar-refractivity contribution in [3.8, 4) is 84.7 Å². The number of aromatic nitrogens is 3. The second-order valence-corrected chi connectivity index (χ2v) is 19.2. The third-order valence-corrected chi connectivity index (χ3v) is 12.7. The fourth-order valence-corrected chi connectivity index (χ4v) is 9.10. The van der Waals surface area contributed by atoms with Crippen LogP contribution in [0.15, 0.2) is 188 Å². The highest BCUT2D eigenvalue weighted by Gasteiger charge is 2.23. The van der Waals surface area contributed by atoms with E-state index in [9.17, 15) is 10.4 Å². The van der Waals surface area contributed by atoms with E-state index in [1.165, 1.54) is 21.9 Å². The van der Waals surface area contributed by atoms with Crippen molar-refractivity contribution in [1.82, 2.24) is 14.5 Å². The van der Waals surface area contributed by atoms with Crippen LogP contribution in [-0.4, -0.2) is 19.6 Å². The molecule has 0 radical (unpaired) electrons. The number of nitriles is 1. The van der Waals surface area contributed by atoms with Gasteiger partial charge in [-0.05, 0) is 123 Å². The van der Waals surface area contributed by atoms with Crippen LogP contribution in [-0.2, 0) is 10.8 Å². The van der Waals surface area contributed by atoms with E-state index in [0.717, 1.165) is 72.6 Å². The first-order valence-corrected chi connectivity index (χ1v) is 22.5. The summed E-state index contributed by atoms with van der Waals surface area (Å²) in [5, 5.41) is 23.7. The van der Waals surface area contributed by atoms with Crippen molar-refractivity contribution in [2.45, 2.75) is 52.4 Å². The monoisotopic (exact) mass is 854 g/mol. The van der Waals surface area contributed by atoms with Crippen LogP contribution in [0.1, 0.15) is 58.2 Å². The lowest BCUT2D eigenvalue weighted by atomic mass is 9.79. The Hall–Kier alpha value is -8.07. The molecule has 10 rings (SSSR count). The zero-order valence-corrected chi connectivity index (χ0v) is 38.1. The van der Waals surface area contributed by atoms with Gasteiger partial charge in [0.05, 0.1) is 39.7 Å². The molecule has 5 nitrogen and oxygen atoms in total. The Morgan fingerprint density at radius 3 is 1.83 bits per heavy atom. The van der Waals surface area contributed by atoms with Gasteiger partial charge in [0, 0.05) is 44.9 Å². The Bertz CT molecular complexity index is 3490. The van der Waals surface area contributed by atoms with Gasteiger partial charge >= 0.3 is 0 Å². The van der Waals surface area contributed by atoms with Gasteiger partial charge in [-0.3, -0.25) is 4.98 Å². The summed E-state index contributed by atoms with van der Waals surface area (Å²) >= 11 is 0. The zero-order chi connectivity index (χ0) is 45.7. The standard InChI is InChI=1S/C61H50N4O/c1-60(2,3)45-31-43(32-46(37-45)61(4,5)6)44-35-55(52-21-11-13-25-58(52)66)64-56(36-44)53-33-42(26-27-48(53)40-17-14-16-39(30-40)38-62)54-34-41(28-29-63-54)49-22-15-23-51-50-20-10-12-24-57(50)65(59(49)51)47-18-8-7-9-19-47/h7-37,66H,1-6H3. The maximum absolute atomic E-state index is 11.3. The van der Waals surface area contributed by atoms with Crippen LogP contribution in [0.2, 0.25) is 0 Å². The van der Waals surface area contributed by atoms with E-state index in [1.54, 1.807) is 6.07 Å². The van der Waals surface area contributed by atoms with Crippen LogP contribution in [0.4, 0.5) is 0 Å². The first kappa shape index (κ1) is 41.9. The molecule has 0 spiro atoms. The summed E-state index contributed by atoms with van der Waals surface area (Å²) in [4.78, 5) is 10.4. The van der Waals surface area contributed by atoms with E-state index >= 15 is 0 Å². The van der Waals surface area contributed by atoms with E-state index < -0.39 is 0 Å². The Kier molecular flexibility index (Phi) is 10.5. The molecule has 0 saturated heterocycles. The van der Waals surface area contributed by atoms with Gasteiger partial charge in [-0.15, -0.1) is 0 Å². The molecular weight excluding hydrogens is 805 g/mol. The highest BCUT2D eigenvalue weighted by molar-refractivity contribution is 6.14. The number of nitrogens with zero attached hydrogens (tertiary/aromatic N) is 4. The summed E-state index contributed by atoms with van der Waals surface area (Å²) in [6.07, 6.45) is 1.90. The molecule has 7 aromatic carbocycles. The molecule has 0 aliphatic rings. The molecule has 5 heteroatoms. The number of hydrogen-bond donors (Lipinski definition) is 1. The van der Waals surface area contributed by atoms with Gasteiger partial charge in [-0.2, -0.15) is 5.26 Å². The molecular formula is C61H50N4O. The molecule has 0 amide bonds. The van der Waals surface area contributed by atoms with Crippen molar-refractivity contribution in [3.63, 3.8) is 0 Å². The van der Waals surface area contributed by atoms with Gasteiger partial charge in [0.25, 0.3) is 0 Å². The minimum atomic E-state index is -0.0924.